The molecule has 0 aromatic heterocycles. The monoisotopic (exact) mass is 542 g/mol. The number of halogens is 3. The van der Waals surface area contributed by atoms with Crippen LogP contribution in [0.15, 0.2) is 72.8 Å². The first kappa shape index (κ1) is 21.6. The van der Waals surface area contributed by atoms with Gasteiger partial charge in [0.2, 0.25) is 0 Å². The van der Waals surface area contributed by atoms with Gasteiger partial charge in [-0.3, -0.25) is 0 Å². The van der Waals surface area contributed by atoms with E-state index in [9.17, 15) is 26.4 Å². The van der Waals surface area contributed by atoms with Crippen LogP contribution < -0.4 is 0 Å². The second-order valence-corrected chi connectivity index (χ2v) is 14.4. The van der Waals surface area contributed by atoms with Crippen LogP contribution in [0.3, 0.4) is 0 Å². The van der Waals surface area contributed by atoms with Crippen LogP contribution in [-0.4, -0.2) is 38.9 Å². The van der Waals surface area contributed by atoms with E-state index in [1.54, 1.807) is 60.7 Å². The van der Waals surface area contributed by atoms with Gasteiger partial charge in [-0.2, -0.15) is 0 Å². The maximum absolute atomic E-state index is 13.2. The van der Waals surface area contributed by atoms with Crippen LogP contribution in [-0.2, 0) is 20.6 Å². The molecule has 0 atom stereocenters. The van der Waals surface area contributed by atoms with Crippen LogP contribution in [0, 0.1) is 0 Å². The van der Waals surface area contributed by atoms with E-state index in [4.69, 9.17) is 5.65 Å². The molecule has 154 valence electrons. The van der Waals surface area contributed by atoms with E-state index in [2.05, 4.69) is 0 Å². The Morgan fingerprint density at radius 3 is 1.62 bits per heavy atom. The van der Waals surface area contributed by atoms with Crippen LogP contribution >= 0.6 is 0 Å². The maximum atomic E-state index is 13.2. The normalized spacial score (nSPS) is 17.2. The second-order valence-electron chi connectivity index (χ2n) is 5.84. The van der Waals surface area contributed by atoms with Gasteiger partial charge in [0.25, 0.3) is 0 Å². The summed E-state index contributed by atoms with van der Waals surface area (Å²) in [6, 6.07) is 16.3. The molecule has 0 radical (unpaired) electrons. The molecule has 2 aromatic carbocycles. The average Bonchev–Trinajstić information content (AvgIpc) is 2.99. The molecule has 0 saturated heterocycles. The molecular weight excluding hydrogens is 525 g/mol. The quantitative estimate of drug-likeness (QED) is 0.422. The van der Waals surface area contributed by atoms with Crippen LogP contribution in [0.5, 0.6) is 0 Å². The van der Waals surface area contributed by atoms with Crippen LogP contribution in [0.4, 0.5) is 13.2 Å². The first-order valence-electron chi connectivity index (χ1n) is 8.15. The number of alkyl halides is 3. The fourth-order valence-corrected chi connectivity index (χ4v) is 13.6. The van der Waals surface area contributed by atoms with Crippen molar-refractivity contribution in [1.29, 1.82) is 0 Å². The summed E-state index contributed by atoms with van der Waals surface area (Å²) < 4.78 is 74.1. The predicted molar refractivity (Wildman–Crippen MR) is 102 cm³/mol. The second kappa shape index (κ2) is 7.95. The van der Waals surface area contributed by atoms with Gasteiger partial charge in [-0.1, -0.05) is 0 Å². The molecule has 0 fully saturated rings. The van der Waals surface area contributed by atoms with Crippen molar-refractivity contribution in [2.24, 2.45) is 0 Å². The molecule has 0 saturated carbocycles. The number of allylic oxidation sites excluding steroid dienone is 2. The molecule has 3 rings (SSSR count). The zero-order valence-electron chi connectivity index (χ0n) is 14.9. The standard InChI is InChI=1S/C19H15F3O5STe/c1-14(23)26-29(27-28(24,25)19(20,21)22)17(15-8-4-2-5-9-15)12-13-18(29)16-10-6-3-7-11-16/h2-13H,1H3. The number of carbonyl (C=O) groups is 1. The third-order valence-electron chi connectivity index (χ3n) is 3.79. The van der Waals surface area contributed by atoms with Crippen LogP contribution in [0.2, 0.25) is 0 Å². The van der Waals surface area contributed by atoms with Crippen molar-refractivity contribution < 1.29 is 32.0 Å². The van der Waals surface area contributed by atoms with Gasteiger partial charge >= 0.3 is 171 Å². The Morgan fingerprint density at radius 1 is 0.862 bits per heavy atom. The van der Waals surface area contributed by atoms with E-state index in [0.29, 0.717) is 11.1 Å². The summed E-state index contributed by atoms with van der Waals surface area (Å²) in [5.41, 5.74) is -4.85. The first-order valence-corrected chi connectivity index (χ1v) is 13.8. The minimum absolute atomic E-state index is 0.134. The molecule has 0 bridgehead atoms. The van der Waals surface area contributed by atoms with Gasteiger partial charge in [0.15, 0.2) is 0 Å². The average molecular weight is 540 g/mol. The number of carbonyl (C=O) groups excluding carboxylic acids is 1. The van der Waals surface area contributed by atoms with Crippen molar-refractivity contribution in [1.82, 2.24) is 0 Å². The molecule has 29 heavy (non-hydrogen) atoms. The number of benzene rings is 2. The molecule has 0 spiro atoms. The van der Waals surface area contributed by atoms with E-state index in [1.807, 2.05) is 0 Å². The summed E-state index contributed by atoms with van der Waals surface area (Å²) in [5.74, 6) is -0.936. The summed E-state index contributed by atoms with van der Waals surface area (Å²) in [7, 11) is -6.04. The van der Waals surface area contributed by atoms with Crippen molar-refractivity contribution in [3.63, 3.8) is 0 Å². The van der Waals surface area contributed by atoms with Gasteiger partial charge in [0, 0.05) is 0 Å². The zero-order valence-corrected chi connectivity index (χ0v) is 18.1. The number of hydrogen-bond acceptors (Lipinski definition) is 5. The first-order chi connectivity index (χ1) is 13.6. The van der Waals surface area contributed by atoms with E-state index in [1.165, 1.54) is 12.2 Å². The van der Waals surface area contributed by atoms with E-state index >= 15 is 0 Å². The molecule has 5 nitrogen and oxygen atoms in total. The fraction of sp³-hybridized carbons (Fsp3) is 0.105. The van der Waals surface area contributed by atoms with Gasteiger partial charge < -0.3 is 0 Å². The minimum atomic E-state index is -6.04. The third kappa shape index (κ3) is 4.26. The van der Waals surface area contributed by atoms with E-state index in [-0.39, 0.29) is 7.24 Å². The predicted octanol–water partition coefficient (Wildman–Crippen LogP) is 4.12. The third-order valence-corrected chi connectivity index (χ3v) is 14.7. The molecule has 0 amide bonds. The Kier molecular flexibility index (Phi) is 5.92. The van der Waals surface area contributed by atoms with Gasteiger partial charge in [-0.05, 0) is 0 Å². The van der Waals surface area contributed by atoms with Gasteiger partial charge in [0.05, 0.1) is 0 Å². The molecule has 1 aliphatic rings. The van der Waals surface area contributed by atoms with Crippen molar-refractivity contribution in [3.8, 4) is 0 Å². The molecular formula is C19H15F3O5STe. The summed E-state index contributed by atoms with van der Waals surface area (Å²) in [4.78, 5) is 11.9. The molecule has 1 aliphatic heterocycles. The molecule has 0 aliphatic carbocycles. The van der Waals surface area contributed by atoms with Gasteiger partial charge in [-0.25, -0.2) is 0 Å². The van der Waals surface area contributed by atoms with Crippen LogP contribution in [0.25, 0.3) is 7.24 Å². The fourth-order valence-electron chi connectivity index (χ4n) is 2.66. The van der Waals surface area contributed by atoms with Gasteiger partial charge in [0.1, 0.15) is 0 Å². The van der Waals surface area contributed by atoms with E-state index < -0.39 is 40.6 Å². The summed E-state index contributed by atoms with van der Waals surface area (Å²) in [6.07, 6.45) is 2.90. The SMILES string of the molecule is CC(=O)O[Te]1(OS(=O)(=O)C(F)(F)F)C(c2ccccc2)=CC=C1c1ccccc1. The van der Waals surface area contributed by atoms with Crippen LogP contribution in [0.1, 0.15) is 18.1 Å². The molecule has 10 heteroatoms. The molecule has 2 aromatic rings. The molecule has 0 N–H and O–H groups in total. The number of hydrogen-bond donors (Lipinski definition) is 0. The topological polar surface area (TPSA) is 69.7 Å². The summed E-state index contributed by atoms with van der Waals surface area (Å²) >= 11 is -5.35. The Hall–Kier alpha value is -2.12. The van der Waals surface area contributed by atoms with Crippen molar-refractivity contribution >= 4 is 42.3 Å². The van der Waals surface area contributed by atoms with E-state index in [0.717, 1.165) is 6.92 Å². The summed E-state index contributed by atoms with van der Waals surface area (Å²) in [6.45, 7) is 1.00. The number of rotatable bonds is 5. The van der Waals surface area contributed by atoms with Crippen molar-refractivity contribution in [3.05, 3.63) is 83.9 Å². The zero-order chi connectivity index (χ0) is 21.3. The van der Waals surface area contributed by atoms with Crippen molar-refractivity contribution in [2.75, 3.05) is 0 Å². The Morgan fingerprint density at radius 2 is 1.28 bits per heavy atom. The molecule has 0 unspecified atom stereocenters. The summed E-state index contributed by atoms with van der Waals surface area (Å²) in [5, 5.41) is 0. The Balaban J connectivity index is 2.25. The Labute approximate surface area is 170 Å². The van der Waals surface area contributed by atoms with Gasteiger partial charge in [-0.15, -0.1) is 0 Å². The Bertz CT molecular complexity index is 1020. The molecule has 1 heterocycles. The van der Waals surface area contributed by atoms with Crippen molar-refractivity contribution in [2.45, 2.75) is 12.4 Å².